The molecule has 6 nitrogen and oxygen atoms in total. The van der Waals surface area contributed by atoms with Crippen LogP contribution in [0, 0.1) is 13.8 Å². The van der Waals surface area contributed by atoms with Gasteiger partial charge in [-0.3, -0.25) is 10.1 Å². The van der Waals surface area contributed by atoms with Crippen LogP contribution in [0.1, 0.15) is 17.8 Å². The number of anilines is 2. The van der Waals surface area contributed by atoms with Gasteiger partial charge >= 0.3 is 0 Å². The van der Waals surface area contributed by atoms with Crippen molar-refractivity contribution in [3.63, 3.8) is 0 Å². The van der Waals surface area contributed by atoms with Crippen LogP contribution in [0.3, 0.4) is 0 Å². The lowest BCUT2D eigenvalue weighted by Gasteiger charge is -2.07. The summed E-state index contributed by atoms with van der Waals surface area (Å²) in [6, 6.07) is 8.87. The van der Waals surface area contributed by atoms with E-state index in [2.05, 4.69) is 15.3 Å². The Hall–Kier alpha value is -2.63. The fraction of sp³-hybridized carbons (Fsp3) is 0.267. The normalized spacial score (nSPS) is 10.2. The van der Waals surface area contributed by atoms with Gasteiger partial charge in [0.15, 0.2) is 0 Å². The average Bonchev–Trinajstić information content (AvgIpc) is 2.39. The number of nitrogens with two attached hydrogens (primary N) is 1. The van der Waals surface area contributed by atoms with Crippen molar-refractivity contribution in [2.24, 2.45) is 0 Å². The van der Waals surface area contributed by atoms with Gasteiger partial charge in [0.2, 0.25) is 11.9 Å². The highest BCUT2D eigenvalue weighted by Crippen LogP contribution is 2.13. The molecule has 1 amide bonds. The minimum absolute atomic E-state index is 0.185. The quantitative estimate of drug-likeness (QED) is 0.821. The van der Waals surface area contributed by atoms with E-state index in [1.165, 1.54) is 0 Å². The third-order valence-corrected chi connectivity index (χ3v) is 2.71. The number of rotatable bonds is 5. The van der Waals surface area contributed by atoms with Crippen molar-refractivity contribution in [2.45, 2.75) is 20.3 Å². The van der Waals surface area contributed by atoms with Crippen molar-refractivity contribution in [1.29, 1.82) is 0 Å². The molecule has 0 unspecified atom stereocenters. The van der Waals surface area contributed by atoms with Crippen LogP contribution in [0.15, 0.2) is 30.3 Å². The molecule has 1 aromatic carbocycles. The smallest absolute Gasteiger partial charge is 0.230 e. The molecule has 0 radical (unpaired) electrons. The fourth-order valence-corrected chi connectivity index (χ4v) is 1.79. The molecule has 2 aromatic rings. The van der Waals surface area contributed by atoms with E-state index < -0.39 is 0 Å². The van der Waals surface area contributed by atoms with Gasteiger partial charge in [0.1, 0.15) is 5.75 Å². The maximum atomic E-state index is 11.8. The van der Waals surface area contributed by atoms with Crippen LogP contribution in [0.4, 0.5) is 11.6 Å². The highest BCUT2D eigenvalue weighted by molar-refractivity contribution is 5.89. The summed E-state index contributed by atoms with van der Waals surface area (Å²) in [5, 5.41) is 2.66. The molecule has 0 aliphatic heterocycles. The zero-order valence-electron chi connectivity index (χ0n) is 12.1. The molecule has 0 atom stereocenters. The van der Waals surface area contributed by atoms with Crippen LogP contribution in [-0.2, 0) is 4.79 Å². The van der Waals surface area contributed by atoms with Crippen LogP contribution in [0.2, 0.25) is 0 Å². The molecule has 2 rings (SSSR count). The van der Waals surface area contributed by atoms with Gasteiger partial charge in [0.05, 0.1) is 13.0 Å². The Morgan fingerprint density at radius 3 is 2.43 bits per heavy atom. The number of benzene rings is 1. The standard InChI is InChI=1S/C15H18N4O2/c1-10-9-11(2)18-15(17-10)19-14(20)7-8-21-13-5-3-12(16)4-6-13/h3-6,9H,7-8,16H2,1-2H3,(H,17,18,19,20). The van der Waals surface area contributed by atoms with Crippen molar-refractivity contribution < 1.29 is 9.53 Å². The van der Waals surface area contributed by atoms with Gasteiger partial charge in [-0.2, -0.15) is 0 Å². The second kappa shape index (κ2) is 6.69. The van der Waals surface area contributed by atoms with E-state index >= 15 is 0 Å². The third kappa shape index (κ3) is 4.76. The number of carbonyl (C=O) groups excluding carboxylic acids is 1. The Bertz CT molecular complexity index is 606. The number of nitrogen functional groups attached to an aromatic ring is 1. The summed E-state index contributed by atoms with van der Waals surface area (Å²) in [5.74, 6) is 0.820. The molecule has 110 valence electrons. The first-order valence-electron chi connectivity index (χ1n) is 6.63. The average molecular weight is 286 g/mol. The minimum atomic E-state index is -0.185. The summed E-state index contributed by atoms with van der Waals surface area (Å²) in [6.45, 7) is 3.99. The van der Waals surface area contributed by atoms with Crippen LogP contribution >= 0.6 is 0 Å². The maximum Gasteiger partial charge on any atom is 0.230 e. The topological polar surface area (TPSA) is 90.1 Å². The molecular formula is C15H18N4O2. The van der Waals surface area contributed by atoms with Gasteiger partial charge in [-0.05, 0) is 44.2 Å². The predicted octanol–water partition coefficient (Wildman–Crippen LogP) is 2.08. The lowest BCUT2D eigenvalue weighted by Crippen LogP contribution is -2.17. The molecule has 0 aliphatic rings. The number of nitrogens with zero attached hydrogens (tertiary/aromatic N) is 2. The van der Waals surface area contributed by atoms with Gasteiger partial charge < -0.3 is 10.5 Å². The van der Waals surface area contributed by atoms with Gasteiger partial charge in [-0.25, -0.2) is 9.97 Å². The number of hydrogen-bond donors (Lipinski definition) is 2. The Labute approximate surface area is 123 Å². The van der Waals surface area contributed by atoms with Gasteiger partial charge in [0, 0.05) is 17.1 Å². The van der Waals surface area contributed by atoms with Gasteiger partial charge in [0.25, 0.3) is 0 Å². The number of hydrogen-bond acceptors (Lipinski definition) is 5. The Morgan fingerprint density at radius 2 is 1.81 bits per heavy atom. The zero-order valence-corrected chi connectivity index (χ0v) is 12.1. The fourth-order valence-electron chi connectivity index (χ4n) is 1.79. The summed E-state index contributed by atoms with van der Waals surface area (Å²) in [7, 11) is 0. The lowest BCUT2D eigenvalue weighted by atomic mass is 10.3. The van der Waals surface area contributed by atoms with Crippen molar-refractivity contribution in [2.75, 3.05) is 17.7 Å². The molecule has 3 N–H and O–H groups in total. The van der Waals surface area contributed by atoms with E-state index in [0.717, 1.165) is 11.4 Å². The summed E-state index contributed by atoms with van der Waals surface area (Å²) in [4.78, 5) is 20.1. The van der Waals surface area contributed by atoms with Crippen LogP contribution in [0.5, 0.6) is 5.75 Å². The zero-order chi connectivity index (χ0) is 15.2. The highest BCUT2D eigenvalue weighted by atomic mass is 16.5. The number of amides is 1. The number of aryl methyl sites for hydroxylation is 2. The molecule has 0 bridgehead atoms. The van der Waals surface area contributed by atoms with Crippen molar-refractivity contribution in [1.82, 2.24) is 9.97 Å². The highest BCUT2D eigenvalue weighted by Gasteiger charge is 2.06. The Morgan fingerprint density at radius 1 is 1.19 bits per heavy atom. The van der Waals surface area contributed by atoms with E-state index in [0.29, 0.717) is 17.4 Å². The molecule has 0 saturated carbocycles. The predicted molar refractivity (Wildman–Crippen MR) is 81.1 cm³/mol. The van der Waals surface area contributed by atoms with Gasteiger partial charge in [-0.15, -0.1) is 0 Å². The molecule has 1 heterocycles. The Kier molecular flexibility index (Phi) is 4.71. The van der Waals surface area contributed by atoms with Crippen LogP contribution in [0.25, 0.3) is 0 Å². The summed E-state index contributed by atoms with van der Waals surface area (Å²) in [5.41, 5.74) is 7.88. The second-order valence-corrected chi connectivity index (χ2v) is 4.69. The maximum absolute atomic E-state index is 11.8. The minimum Gasteiger partial charge on any atom is -0.493 e. The van der Waals surface area contributed by atoms with Crippen LogP contribution in [-0.4, -0.2) is 22.5 Å². The molecule has 0 fully saturated rings. The van der Waals surface area contributed by atoms with E-state index in [1.807, 2.05) is 19.9 Å². The molecule has 0 aliphatic carbocycles. The monoisotopic (exact) mass is 286 g/mol. The van der Waals surface area contributed by atoms with E-state index in [9.17, 15) is 4.79 Å². The Balaban J connectivity index is 1.80. The first-order valence-corrected chi connectivity index (χ1v) is 6.63. The molecule has 6 heteroatoms. The lowest BCUT2D eigenvalue weighted by molar-refractivity contribution is -0.116. The number of ether oxygens (including phenoxy) is 1. The largest absolute Gasteiger partial charge is 0.493 e. The molecule has 21 heavy (non-hydrogen) atoms. The van der Waals surface area contributed by atoms with Gasteiger partial charge in [-0.1, -0.05) is 0 Å². The summed E-state index contributed by atoms with van der Waals surface area (Å²) in [6.07, 6.45) is 0.223. The van der Waals surface area contributed by atoms with E-state index in [1.54, 1.807) is 24.3 Å². The molecule has 1 aromatic heterocycles. The van der Waals surface area contributed by atoms with Crippen molar-refractivity contribution in [3.05, 3.63) is 41.7 Å². The van der Waals surface area contributed by atoms with Crippen molar-refractivity contribution in [3.8, 4) is 5.75 Å². The third-order valence-electron chi connectivity index (χ3n) is 2.71. The number of carbonyl (C=O) groups is 1. The van der Waals surface area contributed by atoms with E-state index in [4.69, 9.17) is 10.5 Å². The number of aromatic nitrogens is 2. The van der Waals surface area contributed by atoms with E-state index in [-0.39, 0.29) is 18.9 Å². The first kappa shape index (κ1) is 14.8. The van der Waals surface area contributed by atoms with Crippen LogP contribution < -0.4 is 15.8 Å². The molecule has 0 spiro atoms. The second-order valence-electron chi connectivity index (χ2n) is 4.69. The van der Waals surface area contributed by atoms with Crippen molar-refractivity contribution >= 4 is 17.5 Å². The molecular weight excluding hydrogens is 268 g/mol. The first-order chi connectivity index (χ1) is 10.0. The summed E-state index contributed by atoms with van der Waals surface area (Å²) < 4.78 is 5.46. The molecule has 0 saturated heterocycles. The summed E-state index contributed by atoms with van der Waals surface area (Å²) >= 11 is 0. The number of nitrogens with one attached hydrogen (secondary N) is 1. The SMILES string of the molecule is Cc1cc(C)nc(NC(=O)CCOc2ccc(N)cc2)n1.